The fraction of sp³-hybridized carbons (Fsp3) is 0.263. The number of fused-ring (bicyclic) bond motifs is 1. The minimum Gasteiger partial charge on any atom is -0.482 e. The van der Waals surface area contributed by atoms with Crippen molar-refractivity contribution in [2.24, 2.45) is 0 Å². The second-order valence-electron chi connectivity index (χ2n) is 6.28. The van der Waals surface area contributed by atoms with E-state index in [1.165, 1.54) is 4.90 Å². The molecule has 0 saturated heterocycles. The van der Waals surface area contributed by atoms with Crippen LogP contribution in [0, 0.1) is 20.8 Å². The summed E-state index contributed by atoms with van der Waals surface area (Å²) in [5.41, 5.74) is 3.96. The molecule has 8 heteroatoms. The number of rotatable bonds is 5. The van der Waals surface area contributed by atoms with Crippen LogP contribution in [0.3, 0.4) is 0 Å². The molecule has 0 aliphatic heterocycles. The van der Waals surface area contributed by atoms with Gasteiger partial charge in [-0.1, -0.05) is 0 Å². The van der Waals surface area contributed by atoms with Gasteiger partial charge in [-0.05, 0) is 51.1 Å². The third-order valence-electron chi connectivity index (χ3n) is 4.17. The maximum Gasteiger partial charge on any atom is 0.341 e. The van der Waals surface area contributed by atoms with Crippen molar-refractivity contribution in [3.63, 3.8) is 0 Å². The predicted octanol–water partition coefficient (Wildman–Crippen LogP) is 2.39. The first-order valence-corrected chi connectivity index (χ1v) is 8.34. The van der Waals surface area contributed by atoms with Gasteiger partial charge in [-0.3, -0.25) is 4.79 Å². The monoisotopic (exact) mass is 368 g/mol. The van der Waals surface area contributed by atoms with Crippen LogP contribution < -0.4 is 9.64 Å². The molecule has 0 aliphatic rings. The van der Waals surface area contributed by atoms with E-state index < -0.39 is 12.6 Å². The summed E-state index contributed by atoms with van der Waals surface area (Å²) in [6.07, 6.45) is 0. The van der Waals surface area contributed by atoms with Crippen LogP contribution in [-0.4, -0.2) is 45.2 Å². The molecule has 0 saturated carbocycles. The van der Waals surface area contributed by atoms with Crippen molar-refractivity contribution in [3.05, 3.63) is 53.0 Å². The van der Waals surface area contributed by atoms with Gasteiger partial charge in [-0.25, -0.2) is 14.3 Å². The number of carbonyl (C=O) groups is 2. The van der Waals surface area contributed by atoms with Crippen molar-refractivity contribution in [1.29, 1.82) is 0 Å². The molecule has 0 fully saturated rings. The largest absolute Gasteiger partial charge is 0.482 e. The Balaban J connectivity index is 1.91. The zero-order valence-electron chi connectivity index (χ0n) is 15.6. The lowest BCUT2D eigenvalue weighted by Gasteiger charge is -2.17. The van der Waals surface area contributed by atoms with Gasteiger partial charge in [0.15, 0.2) is 12.3 Å². The number of carbonyl (C=O) groups excluding carboxylic acids is 1. The van der Waals surface area contributed by atoms with Gasteiger partial charge in [-0.2, -0.15) is 5.10 Å². The minimum atomic E-state index is -1.05. The van der Waals surface area contributed by atoms with Gasteiger partial charge in [0.1, 0.15) is 11.3 Å². The Morgan fingerprint density at radius 3 is 2.48 bits per heavy atom. The predicted molar refractivity (Wildman–Crippen MR) is 99.5 cm³/mol. The molecular weight excluding hydrogens is 348 g/mol. The van der Waals surface area contributed by atoms with Crippen molar-refractivity contribution in [2.75, 3.05) is 18.6 Å². The summed E-state index contributed by atoms with van der Waals surface area (Å²) in [6.45, 7) is 5.17. The molecule has 2 heterocycles. The minimum absolute atomic E-state index is 0.223. The van der Waals surface area contributed by atoms with Gasteiger partial charge < -0.3 is 14.7 Å². The Hall–Kier alpha value is -3.42. The van der Waals surface area contributed by atoms with Crippen molar-refractivity contribution in [2.45, 2.75) is 20.8 Å². The Morgan fingerprint density at radius 2 is 1.85 bits per heavy atom. The highest BCUT2D eigenvalue weighted by molar-refractivity contribution is 6.10. The number of aliphatic carboxylic acids is 1. The average molecular weight is 368 g/mol. The van der Waals surface area contributed by atoms with E-state index >= 15 is 0 Å². The number of aryl methyl sites for hydroxylation is 3. The van der Waals surface area contributed by atoms with Crippen molar-refractivity contribution in [1.82, 2.24) is 14.6 Å². The van der Waals surface area contributed by atoms with Gasteiger partial charge in [0, 0.05) is 24.1 Å². The van der Waals surface area contributed by atoms with Gasteiger partial charge in [-0.15, -0.1) is 0 Å². The second-order valence-corrected chi connectivity index (χ2v) is 6.28. The lowest BCUT2D eigenvalue weighted by molar-refractivity contribution is -0.139. The van der Waals surface area contributed by atoms with Crippen LogP contribution in [-0.2, 0) is 4.79 Å². The van der Waals surface area contributed by atoms with E-state index in [0.717, 1.165) is 11.4 Å². The Morgan fingerprint density at radius 1 is 1.19 bits per heavy atom. The molecule has 1 amide bonds. The van der Waals surface area contributed by atoms with E-state index in [4.69, 9.17) is 9.84 Å². The molecule has 0 atom stereocenters. The van der Waals surface area contributed by atoms with Crippen LogP contribution in [0.4, 0.5) is 5.69 Å². The topological polar surface area (TPSA) is 97.0 Å². The molecule has 3 rings (SSSR count). The van der Waals surface area contributed by atoms with E-state index in [-0.39, 0.29) is 5.91 Å². The quantitative estimate of drug-likeness (QED) is 0.743. The number of hydrogen-bond donors (Lipinski definition) is 1. The number of ether oxygens (including phenoxy) is 1. The normalized spacial score (nSPS) is 10.8. The second kappa shape index (κ2) is 7.06. The molecule has 1 N–H and O–H groups in total. The first-order chi connectivity index (χ1) is 12.8. The molecule has 0 aliphatic carbocycles. The number of anilines is 1. The van der Waals surface area contributed by atoms with E-state index in [0.29, 0.717) is 28.3 Å². The fourth-order valence-corrected chi connectivity index (χ4v) is 2.87. The number of benzene rings is 1. The van der Waals surface area contributed by atoms with E-state index in [9.17, 15) is 9.59 Å². The zero-order chi connectivity index (χ0) is 19.7. The lowest BCUT2D eigenvalue weighted by Crippen LogP contribution is -2.27. The highest BCUT2D eigenvalue weighted by Crippen LogP contribution is 2.23. The molecule has 0 radical (unpaired) electrons. The third kappa shape index (κ3) is 3.59. The molecule has 0 unspecified atom stereocenters. The molecule has 0 spiro atoms. The average Bonchev–Trinajstić information content (AvgIpc) is 2.95. The summed E-state index contributed by atoms with van der Waals surface area (Å²) in [5.74, 6) is -0.852. The molecular formula is C19H20N4O4. The summed E-state index contributed by atoms with van der Waals surface area (Å²) in [4.78, 5) is 29.6. The molecule has 0 bridgehead atoms. The van der Waals surface area contributed by atoms with Gasteiger partial charge in [0.2, 0.25) is 0 Å². The van der Waals surface area contributed by atoms with Gasteiger partial charge >= 0.3 is 5.97 Å². The van der Waals surface area contributed by atoms with Crippen LogP contribution in [0.25, 0.3) is 5.65 Å². The Kier molecular flexibility index (Phi) is 4.81. The summed E-state index contributed by atoms with van der Waals surface area (Å²) < 4.78 is 6.78. The number of hydrogen-bond acceptors (Lipinski definition) is 5. The van der Waals surface area contributed by atoms with Crippen LogP contribution in [0.5, 0.6) is 5.75 Å². The third-order valence-corrected chi connectivity index (χ3v) is 4.17. The van der Waals surface area contributed by atoms with Crippen LogP contribution in [0.1, 0.15) is 27.4 Å². The molecule has 1 aromatic carbocycles. The van der Waals surface area contributed by atoms with Crippen LogP contribution in [0.2, 0.25) is 0 Å². The van der Waals surface area contributed by atoms with E-state index in [2.05, 4.69) is 10.1 Å². The Labute approximate surface area is 156 Å². The van der Waals surface area contributed by atoms with Crippen LogP contribution >= 0.6 is 0 Å². The van der Waals surface area contributed by atoms with Gasteiger partial charge in [0.25, 0.3) is 5.91 Å². The number of carboxylic acid groups (broad SMARTS) is 1. The summed E-state index contributed by atoms with van der Waals surface area (Å²) >= 11 is 0. The maximum absolute atomic E-state index is 13.1. The molecule has 8 nitrogen and oxygen atoms in total. The fourth-order valence-electron chi connectivity index (χ4n) is 2.87. The van der Waals surface area contributed by atoms with Crippen molar-refractivity contribution in [3.8, 4) is 5.75 Å². The standard InChI is InChI=1S/C19H20N4O4/c1-11-9-12(2)23-18(20-11)17(13(3)21-23)19(26)22(4)14-5-7-15(8-6-14)27-10-16(24)25/h5-9H,10H2,1-4H3,(H,24,25). The lowest BCUT2D eigenvalue weighted by atomic mass is 10.2. The smallest absolute Gasteiger partial charge is 0.341 e. The maximum atomic E-state index is 13.1. The summed E-state index contributed by atoms with van der Waals surface area (Å²) in [5, 5.41) is 13.1. The number of carboxylic acids is 1. The van der Waals surface area contributed by atoms with E-state index in [1.54, 1.807) is 42.8 Å². The first-order valence-electron chi connectivity index (χ1n) is 8.34. The number of nitrogens with zero attached hydrogens (tertiary/aromatic N) is 4. The molecule has 27 heavy (non-hydrogen) atoms. The van der Waals surface area contributed by atoms with E-state index in [1.807, 2.05) is 19.9 Å². The molecule has 2 aromatic heterocycles. The van der Waals surface area contributed by atoms with Crippen molar-refractivity contribution < 1.29 is 19.4 Å². The molecule has 140 valence electrons. The summed E-state index contributed by atoms with van der Waals surface area (Å²) in [7, 11) is 1.67. The van der Waals surface area contributed by atoms with Gasteiger partial charge in [0.05, 0.1) is 5.69 Å². The SMILES string of the molecule is Cc1cc(C)n2nc(C)c(C(=O)N(C)c3ccc(OCC(=O)O)cc3)c2n1. The molecule has 3 aromatic rings. The highest BCUT2D eigenvalue weighted by atomic mass is 16.5. The number of aromatic nitrogens is 3. The van der Waals surface area contributed by atoms with Crippen molar-refractivity contribution >= 4 is 23.2 Å². The Bertz CT molecular complexity index is 1020. The first kappa shape index (κ1) is 18.4. The number of amides is 1. The van der Waals surface area contributed by atoms with Crippen LogP contribution in [0.15, 0.2) is 30.3 Å². The summed E-state index contributed by atoms with van der Waals surface area (Å²) in [6, 6.07) is 8.54. The zero-order valence-corrected chi connectivity index (χ0v) is 15.6. The highest BCUT2D eigenvalue weighted by Gasteiger charge is 2.23.